The van der Waals surface area contributed by atoms with Crippen molar-refractivity contribution in [2.24, 2.45) is 4.30 Å². The van der Waals surface area contributed by atoms with Crippen LogP contribution in [0.1, 0.15) is 31.8 Å². The van der Waals surface area contributed by atoms with E-state index in [0.29, 0.717) is 31.2 Å². The number of phenols is 4. The van der Waals surface area contributed by atoms with Gasteiger partial charge in [0.15, 0.2) is 11.6 Å². The van der Waals surface area contributed by atoms with E-state index in [2.05, 4.69) is 56.6 Å². The van der Waals surface area contributed by atoms with Gasteiger partial charge in [-0.05, 0) is 115 Å². The van der Waals surface area contributed by atoms with Crippen molar-refractivity contribution in [2.75, 3.05) is 0 Å². The number of phenolic OH excluding ortho intramolecular Hbond substituents is 4. The van der Waals surface area contributed by atoms with E-state index in [1.165, 1.54) is 24.3 Å². The van der Waals surface area contributed by atoms with Gasteiger partial charge in [-0.3, -0.25) is 9.59 Å². The van der Waals surface area contributed by atoms with E-state index in [9.17, 15) is 30.0 Å². The summed E-state index contributed by atoms with van der Waals surface area (Å²) in [6, 6.07) is 15.7. The molecular weight excluding hydrogens is 625 g/mol. The minimum absolute atomic E-state index is 0.0261. The molecule has 7 nitrogen and oxygen atoms in total. The molecule has 2 aliphatic carbocycles. The van der Waals surface area contributed by atoms with Gasteiger partial charge in [0.05, 0.1) is 8.95 Å². The normalized spacial score (nSPS) is 11.7. The molecule has 0 atom stereocenters. The summed E-state index contributed by atoms with van der Waals surface area (Å²) >= 11 is 9.65. The first kappa shape index (κ1) is 26.7. The molecule has 0 aliphatic heterocycles. The summed E-state index contributed by atoms with van der Waals surface area (Å²) in [7, 11) is 4.34. The first-order chi connectivity index (χ1) is 17.6. The van der Waals surface area contributed by atoms with Gasteiger partial charge in [0.1, 0.15) is 23.0 Å². The number of aromatic hydroxyl groups is 4. The second-order valence-electron chi connectivity index (χ2n) is 7.93. The predicted molar refractivity (Wildman–Crippen MR) is 150 cm³/mol. The number of rotatable bonds is 0. The van der Waals surface area contributed by atoms with Crippen LogP contribution in [0, 0.1) is 0 Å². The predicted octanol–water partition coefficient (Wildman–Crippen LogP) is 6.33. The van der Waals surface area contributed by atoms with Crippen molar-refractivity contribution in [2.45, 2.75) is 0 Å². The van der Waals surface area contributed by atoms with Crippen molar-refractivity contribution in [3.05, 3.63) is 91.9 Å². The number of nitrogens with zero attached hydrogens (tertiary/aromatic N) is 1. The van der Waals surface area contributed by atoms with E-state index in [4.69, 9.17) is 0 Å². The van der Waals surface area contributed by atoms with E-state index < -0.39 is 0 Å². The molecule has 0 saturated carbocycles. The third kappa shape index (κ3) is 4.94. The van der Waals surface area contributed by atoms with Crippen LogP contribution in [0.5, 0.6) is 23.0 Å². The monoisotopic (exact) mass is 638 g/mol. The van der Waals surface area contributed by atoms with Crippen LogP contribution in [0.3, 0.4) is 0 Å². The third-order valence-corrected chi connectivity index (χ3v) is 7.01. The Hall–Kier alpha value is -3.41. The summed E-state index contributed by atoms with van der Waals surface area (Å²) in [4.78, 5) is 24.1. The average molecular weight is 640 g/mol. The second kappa shape index (κ2) is 10.5. The molecule has 0 spiro atoms. The summed E-state index contributed by atoms with van der Waals surface area (Å²) in [6.45, 7) is 0. The van der Waals surface area contributed by atoms with E-state index in [0.717, 1.165) is 22.3 Å². The molecule has 183 valence electrons. The van der Waals surface area contributed by atoms with E-state index >= 15 is 0 Å². The molecule has 6 rings (SSSR count). The van der Waals surface area contributed by atoms with Crippen molar-refractivity contribution in [1.29, 1.82) is 0 Å². The molecule has 37 heavy (non-hydrogen) atoms. The first-order valence-corrected chi connectivity index (χ1v) is 12.4. The Morgan fingerprint density at radius 1 is 0.568 bits per heavy atom. The van der Waals surface area contributed by atoms with Gasteiger partial charge in [0, 0.05) is 22.3 Å². The van der Waals surface area contributed by atoms with E-state index in [-0.39, 0.29) is 34.6 Å². The Balaban J connectivity index is 0.000000157. The summed E-state index contributed by atoms with van der Waals surface area (Å²) < 4.78 is 3.76. The summed E-state index contributed by atoms with van der Waals surface area (Å²) in [5.74, 6) is -0.146. The van der Waals surface area contributed by atoms with Gasteiger partial charge in [-0.2, -0.15) is 0 Å². The van der Waals surface area contributed by atoms with Gasteiger partial charge in [0.25, 0.3) is 0 Å². The zero-order chi connectivity index (χ0) is 27.0. The number of carbonyl (C=O) groups is 2. The van der Waals surface area contributed by atoms with Gasteiger partial charge >= 0.3 is 24.8 Å². The fourth-order valence-corrected chi connectivity index (χ4v) is 4.83. The zero-order valence-corrected chi connectivity index (χ0v) is 22.7. The van der Waals surface area contributed by atoms with E-state index in [1.54, 1.807) is 36.4 Å². The van der Waals surface area contributed by atoms with Crippen LogP contribution in [-0.2, 0) is 0 Å². The Labute approximate surface area is 234 Å². The van der Waals surface area contributed by atoms with Crippen LogP contribution in [0.2, 0.25) is 0 Å². The fraction of sp³-hybridized carbons (Fsp3) is 0. The number of halogens is 2. The molecule has 0 heterocycles. The Kier molecular flexibility index (Phi) is 7.58. The average Bonchev–Trinajstić information content (AvgIpc) is 3.26. The van der Waals surface area contributed by atoms with Crippen molar-refractivity contribution in [1.82, 2.24) is 0 Å². The number of hydrogen-bond acceptors (Lipinski definition) is 8. The van der Waals surface area contributed by atoms with Crippen molar-refractivity contribution in [3.63, 3.8) is 0 Å². The number of fused-ring (bicyclic) bond motifs is 6. The molecule has 2 aliphatic rings. The number of hydrogen-bond donors (Lipinski definition) is 5. The maximum absolute atomic E-state index is 12.2. The summed E-state index contributed by atoms with van der Waals surface area (Å²) in [5, 5.41) is 38.0. The Morgan fingerprint density at radius 2 is 0.892 bits per heavy atom. The second-order valence-corrected chi connectivity index (χ2v) is 9.87. The van der Waals surface area contributed by atoms with Crippen molar-refractivity contribution in [3.8, 4) is 45.3 Å². The van der Waals surface area contributed by atoms with Crippen LogP contribution < -0.4 is 0 Å². The number of ketones is 2. The molecule has 0 fully saturated rings. The third-order valence-electron chi connectivity index (χ3n) is 5.74. The van der Waals surface area contributed by atoms with Gasteiger partial charge in [-0.25, -0.2) is 0 Å². The quantitative estimate of drug-likeness (QED) is 0.0977. The fourth-order valence-electron chi connectivity index (χ4n) is 4.15. The molecule has 0 amide bonds. The molecule has 4 aromatic carbocycles. The van der Waals surface area contributed by atoms with Crippen LogP contribution >= 0.6 is 44.7 Å². The first-order valence-electron chi connectivity index (χ1n) is 10.4. The van der Waals surface area contributed by atoms with E-state index in [1.807, 2.05) is 0 Å². The molecule has 4 aromatic rings. The molecule has 11 heteroatoms. The number of carbonyl (C=O) groups excluding carboxylic acids is 2. The van der Waals surface area contributed by atoms with Crippen molar-refractivity contribution < 1.29 is 30.0 Å². The van der Waals surface area contributed by atoms with Gasteiger partial charge in [0.2, 0.25) is 0 Å². The molecule has 0 unspecified atom stereocenters. The molecular formula is C26H15BBr2NO6S. The van der Waals surface area contributed by atoms with Crippen LogP contribution in [-0.4, -0.2) is 39.6 Å². The van der Waals surface area contributed by atoms with Gasteiger partial charge < -0.3 is 20.4 Å². The summed E-state index contributed by atoms with van der Waals surface area (Å²) in [6.07, 6.45) is 0. The SMILES string of the molecule is O=C1c2cc(O)c(Br)cc2-c2cc(Br)c(O)cc21.O=C1c2cc(O)ccc2-c2ccc(O)cc21.[B]=NS. The molecule has 0 bridgehead atoms. The molecule has 0 aromatic heterocycles. The molecule has 1 radical (unpaired) electrons. The van der Waals surface area contributed by atoms with Gasteiger partial charge in [-0.15, -0.1) is 0 Å². The Morgan fingerprint density at radius 3 is 1.24 bits per heavy atom. The standard InChI is InChI=1S/C13H6Br2O3.C13H8O3.BHNS/c14-9-1-5-6-2-10(15)12(17)4-8(6)13(18)7(5)3-11(9)16;14-7-1-3-9-10-4-2-8(15)6-12(10)13(16)11(9)5-7;1-2-3/h1-4,16-17H;1-6,14-15H;3H. The molecule has 0 saturated heterocycles. The van der Waals surface area contributed by atoms with Crippen LogP contribution in [0.25, 0.3) is 22.3 Å². The summed E-state index contributed by atoms with van der Waals surface area (Å²) in [5.41, 5.74) is 4.98. The van der Waals surface area contributed by atoms with Crippen LogP contribution in [0.15, 0.2) is 73.9 Å². The number of benzene rings is 4. The zero-order valence-electron chi connectivity index (χ0n) is 18.6. The Bertz CT molecular complexity index is 1510. The minimum atomic E-state index is -0.189. The molecule has 4 N–H and O–H groups in total. The number of thiol groups is 1. The van der Waals surface area contributed by atoms with Gasteiger partial charge in [-0.1, -0.05) is 0 Å². The topological polar surface area (TPSA) is 127 Å². The van der Waals surface area contributed by atoms with Crippen LogP contribution in [0.4, 0.5) is 0 Å². The maximum atomic E-state index is 12.2. The van der Waals surface area contributed by atoms with Crippen molar-refractivity contribution >= 4 is 63.9 Å².